The zero-order valence-corrected chi connectivity index (χ0v) is 15.1. The van der Waals surface area contributed by atoms with E-state index in [2.05, 4.69) is 21.2 Å². The second kappa shape index (κ2) is 8.28. The summed E-state index contributed by atoms with van der Waals surface area (Å²) in [5, 5.41) is 11.8. The quantitative estimate of drug-likeness (QED) is 0.799. The van der Waals surface area contributed by atoms with Crippen molar-refractivity contribution in [1.29, 1.82) is 0 Å². The van der Waals surface area contributed by atoms with E-state index in [4.69, 9.17) is 5.11 Å². The molecule has 1 unspecified atom stereocenters. The maximum absolute atomic E-state index is 12.5. The van der Waals surface area contributed by atoms with Crippen LogP contribution in [0.2, 0.25) is 0 Å². The lowest BCUT2D eigenvalue weighted by atomic mass is 9.96. The van der Waals surface area contributed by atoms with Gasteiger partial charge in [-0.05, 0) is 30.5 Å². The molecule has 7 heteroatoms. The number of likely N-dealkylation sites (tertiary alicyclic amines) is 1. The molecule has 1 atom stereocenters. The van der Waals surface area contributed by atoms with Gasteiger partial charge in [0.05, 0.1) is 18.4 Å². The van der Waals surface area contributed by atoms with Crippen LogP contribution in [0.1, 0.15) is 37.8 Å². The summed E-state index contributed by atoms with van der Waals surface area (Å²) in [6, 6.07) is 7.09. The first-order valence-electron chi connectivity index (χ1n) is 7.90. The molecule has 1 aromatic rings. The lowest BCUT2D eigenvalue weighted by Crippen LogP contribution is -2.42. The summed E-state index contributed by atoms with van der Waals surface area (Å²) >= 11 is 3.37. The Balaban J connectivity index is 2.01. The fourth-order valence-electron chi connectivity index (χ4n) is 2.87. The van der Waals surface area contributed by atoms with Crippen LogP contribution in [0.15, 0.2) is 28.7 Å². The molecular weight excluding hydrogens is 376 g/mol. The molecule has 24 heavy (non-hydrogen) atoms. The molecule has 6 nitrogen and oxygen atoms in total. The topological polar surface area (TPSA) is 86.7 Å². The molecule has 1 fully saturated rings. The van der Waals surface area contributed by atoms with E-state index in [1.54, 1.807) is 4.90 Å². The Hall–Kier alpha value is -1.89. The molecule has 0 radical (unpaired) electrons. The minimum absolute atomic E-state index is 0.0690. The van der Waals surface area contributed by atoms with Gasteiger partial charge in [0, 0.05) is 24.5 Å². The van der Waals surface area contributed by atoms with Gasteiger partial charge >= 0.3 is 5.97 Å². The lowest BCUT2D eigenvalue weighted by molar-refractivity contribution is -0.146. The van der Waals surface area contributed by atoms with E-state index in [-0.39, 0.29) is 30.2 Å². The summed E-state index contributed by atoms with van der Waals surface area (Å²) < 4.78 is 0.926. The highest BCUT2D eigenvalue weighted by Crippen LogP contribution is 2.23. The zero-order valence-electron chi connectivity index (χ0n) is 13.5. The molecule has 0 aromatic heterocycles. The molecule has 0 aliphatic carbocycles. The molecule has 2 N–H and O–H groups in total. The number of benzene rings is 1. The minimum Gasteiger partial charge on any atom is -0.481 e. The highest BCUT2D eigenvalue weighted by molar-refractivity contribution is 9.10. The van der Waals surface area contributed by atoms with E-state index in [1.165, 1.54) is 6.92 Å². The first-order valence-corrected chi connectivity index (χ1v) is 8.69. The van der Waals surface area contributed by atoms with Gasteiger partial charge < -0.3 is 15.3 Å². The van der Waals surface area contributed by atoms with E-state index in [9.17, 15) is 14.4 Å². The molecule has 130 valence electrons. The first kappa shape index (κ1) is 18.4. The normalized spacial score (nSPS) is 16.5. The van der Waals surface area contributed by atoms with Crippen LogP contribution in [0.25, 0.3) is 0 Å². The van der Waals surface area contributed by atoms with Crippen LogP contribution in [0.3, 0.4) is 0 Å². The third-order valence-electron chi connectivity index (χ3n) is 4.23. The average Bonchev–Trinajstić information content (AvgIpc) is 2.54. The lowest BCUT2D eigenvalue weighted by Gasteiger charge is -2.31. The fourth-order valence-corrected chi connectivity index (χ4v) is 3.14. The number of halogens is 1. The molecule has 0 saturated carbocycles. The van der Waals surface area contributed by atoms with E-state index < -0.39 is 5.97 Å². The number of hydrogen-bond acceptors (Lipinski definition) is 3. The molecule has 0 spiro atoms. The van der Waals surface area contributed by atoms with Crippen LogP contribution >= 0.6 is 15.9 Å². The monoisotopic (exact) mass is 396 g/mol. The van der Waals surface area contributed by atoms with Crippen LogP contribution in [0.5, 0.6) is 0 Å². The Morgan fingerprint density at radius 1 is 1.25 bits per heavy atom. The standard InChI is InChI=1S/C17H21BrN2O4/c1-11(21)19-15(12-2-4-14(18)5-3-12)10-16(22)20-8-6-13(7-9-20)17(23)24/h2-5,13,15H,6-10H2,1H3,(H,19,21)(H,23,24). The van der Waals surface area contributed by atoms with Crippen LogP contribution in [0, 0.1) is 5.92 Å². The van der Waals surface area contributed by atoms with Crippen LogP contribution < -0.4 is 5.32 Å². The maximum Gasteiger partial charge on any atom is 0.306 e. The summed E-state index contributed by atoms with van der Waals surface area (Å²) in [6.45, 7) is 2.32. The number of nitrogens with zero attached hydrogens (tertiary/aromatic N) is 1. The predicted molar refractivity (Wildman–Crippen MR) is 92.3 cm³/mol. The molecule has 0 bridgehead atoms. The van der Waals surface area contributed by atoms with Gasteiger partial charge in [-0.3, -0.25) is 14.4 Å². The highest BCUT2D eigenvalue weighted by Gasteiger charge is 2.28. The van der Waals surface area contributed by atoms with Crippen molar-refractivity contribution in [2.75, 3.05) is 13.1 Å². The largest absolute Gasteiger partial charge is 0.481 e. The zero-order chi connectivity index (χ0) is 17.7. The molecule has 1 heterocycles. The summed E-state index contributed by atoms with van der Waals surface area (Å²) in [6.07, 6.45) is 1.12. The van der Waals surface area contributed by atoms with Gasteiger partial charge in [0.15, 0.2) is 0 Å². The van der Waals surface area contributed by atoms with Crippen molar-refractivity contribution in [3.63, 3.8) is 0 Å². The van der Waals surface area contributed by atoms with Crippen molar-refractivity contribution >= 4 is 33.7 Å². The van der Waals surface area contributed by atoms with Gasteiger partial charge in [-0.15, -0.1) is 0 Å². The fraction of sp³-hybridized carbons (Fsp3) is 0.471. The van der Waals surface area contributed by atoms with Gasteiger partial charge in [0.25, 0.3) is 0 Å². The molecule has 2 amide bonds. The Kier molecular flexibility index (Phi) is 6.36. The molecule has 1 aliphatic rings. The van der Waals surface area contributed by atoms with Gasteiger partial charge in [0.1, 0.15) is 0 Å². The van der Waals surface area contributed by atoms with Crippen LogP contribution in [0.4, 0.5) is 0 Å². The Labute approximate surface area is 149 Å². The van der Waals surface area contributed by atoms with Crippen molar-refractivity contribution in [3.8, 4) is 0 Å². The summed E-state index contributed by atoms with van der Waals surface area (Å²) in [5.74, 6) is -1.43. The number of hydrogen-bond donors (Lipinski definition) is 2. The van der Waals surface area contributed by atoms with E-state index in [0.29, 0.717) is 25.9 Å². The third kappa shape index (κ3) is 5.06. The van der Waals surface area contributed by atoms with Gasteiger partial charge in [-0.2, -0.15) is 0 Å². The number of carbonyl (C=O) groups excluding carboxylic acids is 2. The van der Waals surface area contributed by atoms with Gasteiger partial charge in [0.2, 0.25) is 11.8 Å². The summed E-state index contributed by atoms with van der Waals surface area (Å²) in [5.41, 5.74) is 0.863. The van der Waals surface area contributed by atoms with E-state index in [0.717, 1.165) is 10.0 Å². The van der Waals surface area contributed by atoms with Crippen molar-refractivity contribution in [3.05, 3.63) is 34.3 Å². The third-order valence-corrected chi connectivity index (χ3v) is 4.75. The van der Waals surface area contributed by atoms with E-state index in [1.807, 2.05) is 24.3 Å². The Morgan fingerprint density at radius 2 is 1.83 bits per heavy atom. The first-order chi connectivity index (χ1) is 11.4. The molecule has 1 aromatic carbocycles. The second-order valence-electron chi connectivity index (χ2n) is 6.00. The Bertz CT molecular complexity index is 610. The van der Waals surface area contributed by atoms with Gasteiger partial charge in [-0.25, -0.2) is 0 Å². The number of amides is 2. The molecule has 1 aliphatic heterocycles. The van der Waals surface area contributed by atoms with Crippen molar-refractivity contribution in [2.24, 2.45) is 5.92 Å². The van der Waals surface area contributed by atoms with Gasteiger partial charge in [-0.1, -0.05) is 28.1 Å². The SMILES string of the molecule is CC(=O)NC(CC(=O)N1CCC(C(=O)O)CC1)c1ccc(Br)cc1. The van der Waals surface area contributed by atoms with Crippen LogP contribution in [-0.4, -0.2) is 40.9 Å². The number of carbonyl (C=O) groups is 3. The maximum atomic E-state index is 12.5. The predicted octanol–water partition coefficient (Wildman–Crippen LogP) is 2.34. The molecule has 1 saturated heterocycles. The minimum atomic E-state index is -0.798. The smallest absolute Gasteiger partial charge is 0.306 e. The van der Waals surface area contributed by atoms with Crippen molar-refractivity contribution in [1.82, 2.24) is 10.2 Å². The molecule has 2 rings (SSSR count). The number of piperidine rings is 1. The van der Waals surface area contributed by atoms with E-state index >= 15 is 0 Å². The van der Waals surface area contributed by atoms with Crippen LogP contribution in [-0.2, 0) is 14.4 Å². The highest BCUT2D eigenvalue weighted by atomic mass is 79.9. The summed E-state index contributed by atoms with van der Waals surface area (Å²) in [4.78, 5) is 36.7. The number of carboxylic acids is 1. The van der Waals surface area contributed by atoms with Crippen molar-refractivity contribution in [2.45, 2.75) is 32.2 Å². The number of nitrogens with one attached hydrogen (secondary N) is 1. The second-order valence-corrected chi connectivity index (χ2v) is 6.92. The number of rotatable bonds is 5. The summed E-state index contributed by atoms with van der Waals surface area (Å²) in [7, 11) is 0. The molecular formula is C17H21BrN2O4. The van der Waals surface area contributed by atoms with Crippen molar-refractivity contribution < 1.29 is 19.5 Å². The number of carboxylic acid groups (broad SMARTS) is 1. The average molecular weight is 397 g/mol. The Morgan fingerprint density at radius 3 is 2.33 bits per heavy atom. The number of aliphatic carboxylic acids is 1.